The van der Waals surface area contributed by atoms with Crippen molar-refractivity contribution in [2.24, 2.45) is 7.05 Å². The van der Waals surface area contributed by atoms with Crippen LogP contribution in [0.4, 0.5) is 13.2 Å². The van der Waals surface area contributed by atoms with E-state index >= 15 is 0 Å². The lowest BCUT2D eigenvalue weighted by Gasteiger charge is -2.04. The van der Waals surface area contributed by atoms with Gasteiger partial charge in [-0.3, -0.25) is 0 Å². The van der Waals surface area contributed by atoms with Gasteiger partial charge < -0.3 is 0 Å². The maximum Gasteiger partial charge on any atom is 0.422 e. The summed E-state index contributed by atoms with van der Waals surface area (Å²) in [7, 11) is 1.59. The number of alkyl halides is 3. The Morgan fingerprint density at radius 2 is 1.83 bits per heavy atom. The van der Waals surface area contributed by atoms with Gasteiger partial charge in [0.2, 0.25) is 0 Å². The molecule has 0 atom stereocenters. The Morgan fingerprint density at radius 1 is 1.25 bits per heavy atom. The maximum absolute atomic E-state index is 12.1. The van der Waals surface area contributed by atoms with E-state index in [1.165, 1.54) is 10.6 Å². The quantitative estimate of drug-likeness (QED) is 0.531. The van der Waals surface area contributed by atoms with E-state index in [0.29, 0.717) is 0 Å². The van der Waals surface area contributed by atoms with Crippen LogP contribution in [0.5, 0.6) is 0 Å². The zero-order valence-electron chi connectivity index (χ0n) is 6.81. The number of aryl methyl sites for hydroxylation is 2. The SMILES string of the molecule is Cc1ccc(C(F)(F)F)c[n+]1C. The number of hydrogen-bond donors (Lipinski definition) is 0. The standard InChI is InChI=1S/C8H9F3N/c1-6-3-4-7(5-12(6)2)8(9,10)11/h3-5H,1-2H3/q+1. The molecule has 1 aromatic rings. The lowest BCUT2D eigenvalue weighted by molar-refractivity contribution is -0.678. The molecule has 1 aromatic heterocycles. The van der Waals surface area contributed by atoms with Crippen LogP contribution in [0, 0.1) is 6.92 Å². The Morgan fingerprint density at radius 3 is 2.25 bits per heavy atom. The third-order valence-electron chi connectivity index (χ3n) is 1.72. The second-order valence-corrected chi connectivity index (χ2v) is 2.67. The summed E-state index contributed by atoms with van der Waals surface area (Å²) in [6.07, 6.45) is -3.17. The van der Waals surface area contributed by atoms with Crippen molar-refractivity contribution < 1.29 is 17.7 Å². The molecule has 0 aliphatic carbocycles. The highest BCUT2D eigenvalue weighted by atomic mass is 19.4. The highest BCUT2D eigenvalue weighted by Crippen LogP contribution is 2.27. The first-order chi connectivity index (χ1) is 5.41. The van der Waals surface area contributed by atoms with E-state index in [1.54, 1.807) is 14.0 Å². The summed E-state index contributed by atoms with van der Waals surface area (Å²) in [6.45, 7) is 1.75. The Hall–Kier alpha value is -1.06. The molecule has 1 rings (SSSR count). The predicted molar refractivity (Wildman–Crippen MR) is 37.4 cm³/mol. The molecule has 0 N–H and O–H groups in total. The lowest BCUT2D eigenvalue weighted by atomic mass is 10.2. The largest absolute Gasteiger partial charge is 0.422 e. The van der Waals surface area contributed by atoms with E-state index in [0.717, 1.165) is 18.0 Å². The number of aromatic nitrogens is 1. The van der Waals surface area contributed by atoms with Gasteiger partial charge in [0, 0.05) is 13.0 Å². The highest BCUT2D eigenvalue weighted by Gasteiger charge is 2.33. The third-order valence-corrected chi connectivity index (χ3v) is 1.72. The molecule has 12 heavy (non-hydrogen) atoms. The minimum atomic E-state index is -4.24. The van der Waals surface area contributed by atoms with Crippen molar-refractivity contribution in [1.29, 1.82) is 0 Å². The molecule has 0 saturated heterocycles. The van der Waals surface area contributed by atoms with Crippen molar-refractivity contribution >= 4 is 0 Å². The topological polar surface area (TPSA) is 3.88 Å². The fourth-order valence-electron chi connectivity index (χ4n) is 0.849. The normalized spacial score (nSPS) is 11.8. The van der Waals surface area contributed by atoms with Crippen LogP contribution in [-0.4, -0.2) is 0 Å². The minimum absolute atomic E-state index is 0.615. The first-order valence-electron chi connectivity index (χ1n) is 3.45. The van der Waals surface area contributed by atoms with Gasteiger partial charge in [-0.25, -0.2) is 4.57 Å². The second kappa shape index (κ2) is 2.77. The molecule has 1 nitrogen and oxygen atoms in total. The van der Waals surface area contributed by atoms with E-state index in [-0.39, 0.29) is 0 Å². The minimum Gasteiger partial charge on any atom is -0.205 e. The molecule has 66 valence electrons. The number of hydrogen-bond acceptors (Lipinski definition) is 0. The molecule has 0 saturated carbocycles. The van der Waals surface area contributed by atoms with Gasteiger partial charge >= 0.3 is 6.18 Å². The maximum atomic E-state index is 12.1. The molecule has 0 aromatic carbocycles. The molecular formula is C8H9F3N+. The molecule has 0 aliphatic rings. The van der Waals surface area contributed by atoms with Crippen LogP contribution in [0.25, 0.3) is 0 Å². The smallest absolute Gasteiger partial charge is 0.205 e. The first-order valence-corrected chi connectivity index (χ1v) is 3.45. The fraction of sp³-hybridized carbons (Fsp3) is 0.375. The average molecular weight is 176 g/mol. The molecule has 0 spiro atoms. The zero-order valence-corrected chi connectivity index (χ0v) is 6.81. The Balaban J connectivity index is 3.14. The van der Waals surface area contributed by atoms with E-state index < -0.39 is 11.7 Å². The van der Waals surface area contributed by atoms with Crippen LogP contribution < -0.4 is 4.57 Å². The predicted octanol–water partition coefficient (Wildman–Crippen LogP) is 1.84. The van der Waals surface area contributed by atoms with Gasteiger partial charge in [-0.1, -0.05) is 0 Å². The van der Waals surface area contributed by atoms with Crippen LogP contribution in [0.1, 0.15) is 11.3 Å². The van der Waals surface area contributed by atoms with E-state index in [9.17, 15) is 13.2 Å². The monoisotopic (exact) mass is 176 g/mol. The number of pyridine rings is 1. The van der Waals surface area contributed by atoms with Gasteiger partial charge in [0.1, 0.15) is 12.6 Å². The Kier molecular flexibility index (Phi) is 2.08. The van der Waals surface area contributed by atoms with E-state index in [4.69, 9.17) is 0 Å². The van der Waals surface area contributed by atoms with Gasteiger partial charge in [0.15, 0.2) is 11.9 Å². The summed E-state index contributed by atoms with van der Waals surface area (Å²) in [6, 6.07) is 2.53. The summed E-state index contributed by atoms with van der Waals surface area (Å²) in [5.74, 6) is 0. The first kappa shape index (κ1) is 9.03. The van der Waals surface area contributed by atoms with Gasteiger partial charge in [0.05, 0.1) is 0 Å². The second-order valence-electron chi connectivity index (χ2n) is 2.67. The number of halogens is 3. The molecule has 0 bridgehead atoms. The van der Waals surface area contributed by atoms with Crippen LogP contribution in [-0.2, 0) is 13.2 Å². The van der Waals surface area contributed by atoms with Gasteiger partial charge in [-0.15, -0.1) is 0 Å². The zero-order chi connectivity index (χ0) is 9.35. The lowest BCUT2D eigenvalue weighted by Crippen LogP contribution is -2.32. The number of nitrogens with zero attached hydrogens (tertiary/aromatic N) is 1. The van der Waals surface area contributed by atoms with Crippen molar-refractivity contribution in [3.63, 3.8) is 0 Å². The van der Waals surface area contributed by atoms with E-state index in [2.05, 4.69) is 0 Å². The van der Waals surface area contributed by atoms with Crippen molar-refractivity contribution in [2.45, 2.75) is 13.1 Å². The number of rotatable bonds is 0. The average Bonchev–Trinajstić information content (AvgIpc) is 1.92. The van der Waals surface area contributed by atoms with Crippen LogP contribution in [0.3, 0.4) is 0 Å². The summed E-state index contributed by atoms with van der Waals surface area (Å²) in [4.78, 5) is 0. The third kappa shape index (κ3) is 1.75. The van der Waals surface area contributed by atoms with E-state index in [1.807, 2.05) is 0 Å². The Bertz CT molecular complexity index is 291. The van der Waals surface area contributed by atoms with Crippen LogP contribution in [0.2, 0.25) is 0 Å². The fourth-order valence-corrected chi connectivity index (χ4v) is 0.849. The molecule has 0 fully saturated rings. The summed E-state index contributed by atoms with van der Waals surface area (Å²) in [5, 5.41) is 0. The molecular weight excluding hydrogens is 167 g/mol. The van der Waals surface area contributed by atoms with Crippen LogP contribution >= 0.6 is 0 Å². The molecule has 0 radical (unpaired) electrons. The molecule has 0 unspecified atom stereocenters. The van der Waals surface area contributed by atoms with Gasteiger partial charge in [-0.2, -0.15) is 13.2 Å². The molecule has 0 amide bonds. The Labute approximate surface area is 68.5 Å². The van der Waals surface area contributed by atoms with Crippen molar-refractivity contribution in [3.8, 4) is 0 Å². The molecule has 1 heterocycles. The van der Waals surface area contributed by atoms with Crippen molar-refractivity contribution in [3.05, 3.63) is 29.6 Å². The highest BCUT2D eigenvalue weighted by molar-refractivity contribution is 5.12. The van der Waals surface area contributed by atoms with Crippen LogP contribution in [0.15, 0.2) is 18.3 Å². The van der Waals surface area contributed by atoms with Crippen molar-refractivity contribution in [2.75, 3.05) is 0 Å². The summed E-state index contributed by atoms with van der Waals surface area (Å²) in [5.41, 5.74) is 0.179. The van der Waals surface area contributed by atoms with Gasteiger partial charge in [-0.05, 0) is 6.07 Å². The van der Waals surface area contributed by atoms with Gasteiger partial charge in [0.25, 0.3) is 0 Å². The van der Waals surface area contributed by atoms with Crippen molar-refractivity contribution in [1.82, 2.24) is 0 Å². The molecule has 4 heteroatoms. The summed E-state index contributed by atoms with van der Waals surface area (Å²) >= 11 is 0. The molecule has 0 aliphatic heterocycles. The summed E-state index contributed by atoms with van der Waals surface area (Å²) < 4.78 is 37.7.